The van der Waals surface area contributed by atoms with E-state index in [1.165, 1.54) is 23.5 Å². The molecule has 94 valence electrons. The molecule has 1 aromatic carbocycles. The Bertz CT molecular complexity index is 333. The minimum atomic E-state index is 0.476. The van der Waals surface area contributed by atoms with Crippen molar-refractivity contribution in [2.45, 2.75) is 31.8 Å². The highest BCUT2D eigenvalue weighted by Crippen LogP contribution is 2.24. The molecule has 0 aromatic heterocycles. The van der Waals surface area contributed by atoms with Gasteiger partial charge in [0.05, 0.1) is 7.11 Å². The first kappa shape index (κ1) is 12.8. The molecule has 1 fully saturated rings. The molecular formula is C14H21NOS. The fourth-order valence-electron chi connectivity index (χ4n) is 2.24. The average molecular weight is 251 g/mol. The van der Waals surface area contributed by atoms with Gasteiger partial charge in [-0.2, -0.15) is 11.8 Å². The number of benzene rings is 1. The first-order chi connectivity index (χ1) is 8.33. The van der Waals surface area contributed by atoms with Gasteiger partial charge in [-0.1, -0.05) is 19.1 Å². The molecule has 0 saturated carbocycles. The van der Waals surface area contributed by atoms with Gasteiger partial charge in [0.25, 0.3) is 0 Å². The number of nitrogens with one attached hydrogen (secondary N) is 1. The first-order valence-electron chi connectivity index (χ1n) is 6.31. The van der Waals surface area contributed by atoms with Crippen molar-refractivity contribution >= 4 is 11.8 Å². The van der Waals surface area contributed by atoms with Crippen LogP contribution in [0.1, 0.15) is 31.4 Å². The summed E-state index contributed by atoms with van der Waals surface area (Å²) < 4.78 is 5.19. The smallest absolute Gasteiger partial charge is 0.118 e. The molecule has 2 atom stereocenters. The largest absolute Gasteiger partial charge is 0.497 e. The van der Waals surface area contributed by atoms with Gasteiger partial charge in [0.2, 0.25) is 0 Å². The molecule has 0 bridgehead atoms. The van der Waals surface area contributed by atoms with E-state index in [-0.39, 0.29) is 0 Å². The van der Waals surface area contributed by atoms with Crippen molar-refractivity contribution in [3.8, 4) is 5.75 Å². The Labute approximate surface area is 108 Å². The van der Waals surface area contributed by atoms with Gasteiger partial charge in [-0.05, 0) is 36.3 Å². The Hall–Kier alpha value is -0.670. The molecule has 2 rings (SSSR count). The number of ether oxygens (including phenoxy) is 1. The molecule has 3 heteroatoms. The zero-order valence-electron chi connectivity index (χ0n) is 10.6. The molecule has 1 N–H and O–H groups in total. The van der Waals surface area contributed by atoms with Crippen LogP contribution in [0.15, 0.2) is 24.3 Å². The summed E-state index contributed by atoms with van der Waals surface area (Å²) in [5.74, 6) is 3.49. The standard InChI is InChI=1S/C14H21NOS/c1-3-14(15-12-8-9-17-10-12)11-4-6-13(16-2)7-5-11/h4-7,12,14-15H,3,8-10H2,1-2H3. The van der Waals surface area contributed by atoms with Gasteiger partial charge in [-0.15, -0.1) is 0 Å². The fraction of sp³-hybridized carbons (Fsp3) is 0.571. The van der Waals surface area contributed by atoms with E-state index in [1.807, 2.05) is 12.1 Å². The topological polar surface area (TPSA) is 21.3 Å². The number of hydrogen-bond acceptors (Lipinski definition) is 3. The monoisotopic (exact) mass is 251 g/mol. The minimum absolute atomic E-state index is 0.476. The third-order valence-electron chi connectivity index (χ3n) is 3.29. The Morgan fingerprint density at radius 1 is 1.41 bits per heavy atom. The molecule has 1 aliphatic heterocycles. The van der Waals surface area contributed by atoms with Crippen molar-refractivity contribution in [2.75, 3.05) is 18.6 Å². The van der Waals surface area contributed by atoms with Crippen molar-refractivity contribution in [1.29, 1.82) is 0 Å². The van der Waals surface area contributed by atoms with Gasteiger partial charge in [0, 0.05) is 17.8 Å². The highest BCUT2D eigenvalue weighted by molar-refractivity contribution is 7.99. The molecule has 0 spiro atoms. The first-order valence-corrected chi connectivity index (χ1v) is 7.46. The quantitative estimate of drug-likeness (QED) is 0.868. The number of thioether (sulfide) groups is 1. The van der Waals surface area contributed by atoms with E-state index in [9.17, 15) is 0 Å². The molecule has 2 unspecified atom stereocenters. The molecule has 1 aliphatic rings. The molecule has 17 heavy (non-hydrogen) atoms. The van der Waals surface area contributed by atoms with E-state index >= 15 is 0 Å². The van der Waals surface area contributed by atoms with E-state index < -0.39 is 0 Å². The van der Waals surface area contributed by atoms with Crippen molar-refractivity contribution in [2.24, 2.45) is 0 Å². The van der Waals surface area contributed by atoms with Crippen molar-refractivity contribution < 1.29 is 4.74 Å². The molecular weight excluding hydrogens is 230 g/mol. The Kier molecular flexibility index (Phi) is 4.75. The van der Waals surface area contributed by atoms with Crippen molar-refractivity contribution in [3.63, 3.8) is 0 Å². The molecule has 0 aliphatic carbocycles. The highest BCUT2D eigenvalue weighted by Gasteiger charge is 2.19. The summed E-state index contributed by atoms with van der Waals surface area (Å²) >= 11 is 2.05. The van der Waals surface area contributed by atoms with Crippen LogP contribution >= 0.6 is 11.8 Å². The zero-order valence-corrected chi connectivity index (χ0v) is 11.4. The summed E-state index contributed by atoms with van der Waals surface area (Å²) in [7, 11) is 1.71. The third-order valence-corrected chi connectivity index (χ3v) is 4.46. The lowest BCUT2D eigenvalue weighted by Crippen LogP contribution is -2.32. The van der Waals surface area contributed by atoms with E-state index in [2.05, 4.69) is 36.1 Å². The maximum Gasteiger partial charge on any atom is 0.118 e. The predicted molar refractivity (Wildman–Crippen MR) is 74.9 cm³/mol. The maximum absolute atomic E-state index is 5.19. The van der Waals surface area contributed by atoms with Crippen LogP contribution in [-0.4, -0.2) is 24.7 Å². The maximum atomic E-state index is 5.19. The second kappa shape index (κ2) is 6.31. The van der Waals surface area contributed by atoms with E-state index in [0.29, 0.717) is 12.1 Å². The fourth-order valence-corrected chi connectivity index (χ4v) is 3.40. The van der Waals surface area contributed by atoms with Gasteiger partial charge in [-0.25, -0.2) is 0 Å². The second-order valence-corrected chi connectivity index (χ2v) is 5.61. The lowest BCUT2D eigenvalue weighted by molar-refractivity contribution is 0.413. The molecule has 1 saturated heterocycles. The third kappa shape index (κ3) is 3.39. The molecule has 0 amide bonds. The summed E-state index contributed by atoms with van der Waals surface area (Å²) in [5, 5.41) is 3.76. The van der Waals surface area contributed by atoms with E-state index in [4.69, 9.17) is 4.74 Å². The van der Waals surface area contributed by atoms with Gasteiger partial charge >= 0.3 is 0 Å². The van der Waals surface area contributed by atoms with Gasteiger partial charge < -0.3 is 10.1 Å². The number of hydrogen-bond donors (Lipinski definition) is 1. The summed E-state index contributed by atoms with van der Waals surface area (Å²) in [6.45, 7) is 2.24. The van der Waals surface area contributed by atoms with Crippen LogP contribution in [0, 0.1) is 0 Å². The number of rotatable bonds is 5. The summed E-state index contributed by atoms with van der Waals surface area (Å²) in [4.78, 5) is 0. The predicted octanol–water partition coefficient (Wildman–Crippen LogP) is 3.24. The Balaban J connectivity index is 2.00. The van der Waals surface area contributed by atoms with Gasteiger partial charge in [0.15, 0.2) is 0 Å². The summed E-state index contributed by atoms with van der Waals surface area (Å²) in [6.07, 6.45) is 2.44. The van der Waals surface area contributed by atoms with Crippen LogP contribution in [0.2, 0.25) is 0 Å². The van der Waals surface area contributed by atoms with E-state index in [0.717, 1.165) is 12.2 Å². The molecule has 1 aromatic rings. The lowest BCUT2D eigenvalue weighted by atomic mass is 10.0. The molecule has 0 radical (unpaired) electrons. The van der Waals surface area contributed by atoms with Crippen LogP contribution in [0.3, 0.4) is 0 Å². The highest BCUT2D eigenvalue weighted by atomic mass is 32.2. The van der Waals surface area contributed by atoms with Crippen LogP contribution < -0.4 is 10.1 Å². The number of methoxy groups -OCH3 is 1. The van der Waals surface area contributed by atoms with E-state index in [1.54, 1.807) is 7.11 Å². The van der Waals surface area contributed by atoms with Crippen LogP contribution in [0.5, 0.6) is 5.75 Å². The van der Waals surface area contributed by atoms with Crippen LogP contribution in [0.25, 0.3) is 0 Å². The van der Waals surface area contributed by atoms with Crippen LogP contribution in [-0.2, 0) is 0 Å². The molecule has 2 nitrogen and oxygen atoms in total. The lowest BCUT2D eigenvalue weighted by Gasteiger charge is -2.22. The Morgan fingerprint density at radius 3 is 2.71 bits per heavy atom. The van der Waals surface area contributed by atoms with Gasteiger partial charge in [0.1, 0.15) is 5.75 Å². The van der Waals surface area contributed by atoms with Gasteiger partial charge in [-0.3, -0.25) is 0 Å². The van der Waals surface area contributed by atoms with Crippen LogP contribution in [0.4, 0.5) is 0 Å². The second-order valence-electron chi connectivity index (χ2n) is 4.46. The van der Waals surface area contributed by atoms with Crippen molar-refractivity contribution in [3.05, 3.63) is 29.8 Å². The minimum Gasteiger partial charge on any atom is -0.497 e. The normalized spacial score (nSPS) is 21.4. The molecule has 1 heterocycles. The van der Waals surface area contributed by atoms with Crippen molar-refractivity contribution in [1.82, 2.24) is 5.32 Å². The summed E-state index contributed by atoms with van der Waals surface area (Å²) in [5.41, 5.74) is 1.37. The SMILES string of the molecule is CCC(NC1CCSC1)c1ccc(OC)cc1. The summed E-state index contributed by atoms with van der Waals surface area (Å²) in [6, 6.07) is 9.59. The average Bonchev–Trinajstić information content (AvgIpc) is 2.89. The zero-order chi connectivity index (χ0) is 12.1. The Morgan fingerprint density at radius 2 is 2.18 bits per heavy atom.